The number of thiocarbonyl (C=S) groups is 1. The first-order chi connectivity index (χ1) is 13.1. The van der Waals surface area contributed by atoms with Gasteiger partial charge in [-0.1, -0.05) is 60.2 Å². The topological polar surface area (TPSA) is 19.0 Å². The van der Waals surface area contributed by atoms with Crippen molar-refractivity contribution >= 4 is 51.0 Å². The molecule has 0 unspecified atom stereocenters. The minimum atomic E-state index is 0.659. The minimum Gasteiger partial charge on any atom is -0.359 e. The average Bonchev–Trinajstić information content (AvgIpc) is 3.16. The second-order valence-corrected chi connectivity index (χ2v) is 7.40. The molecule has 27 heavy (non-hydrogen) atoms. The number of nitrogens with one attached hydrogen (secondary N) is 1. The Bertz CT molecular complexity index is 1150. The summed E-state index contributed by atoms with van der Waals surface area (Å²) in [5.41, 5.74) is 6.30. The molecule has 0 saturated carbocycles. The normalized spacial score (nSPS) is 10.9. The number of rotatable bonds is 4. The number of para-hydroxylation sites is 1. The molecule has 0 aliphatic carbocycles. The molecule has 4 heteroatoms. The van der Waals surface area contributed by atoms with Crippen LogP contribution in [0.4, 0.5) is 11.4 Å². The van der Waals surface area contributed by atoms with E-state index < -0.39 is 0 Å². The summed E-state index contributed by atoms with van der Waals surface area (Å²) in [5.74, 6) is 0. The van der Waals surface area contributed by atoms with E-state index in [2.05, 4.69) is 53.2 Å². The SMILES string of the molecule is Cc1ccccc1C(=S)c1ccc(N(C)c2cccc3cc[nH]c23)cc1Cl. The van der Waals surface area contributed by atoms with Crippen molar-refractivity contribution in [1.29, 1.82) is 0 Å². The summed E-state index contributed by atoms with van der Waals surface area (Å²) in [7, 11) is 2.04. The highest BCUT2D eigenvalue weighted by Gasteiger charge is 2.14. The van der Waals surface area contributed by atoms with E-state index in [1.54, 1.807) is 0 Å². The van der Waals surface area contributed by atoms with E-state index >= 15 is 0 Å². The maximum absolute atomic E-state index is 6.63. The fourth-order valence-corrected chi connectivity index (χ4v) is 4.09. The molecule has 4 rings (SSSR count). The van der Waals surface area contributed by atoms with E-state index in [9.17, 15) is 0 Å². The molecule has 2 nitrogen and oxygen atoms in total. The minimum absolute atomic E-state index is 0.659. The van der Waals surface area contributed by atoms with Crippen LogP contribution in [0.1, 0.15) is 16.7 Å². The molecular weight excluding hydrogens is 372 g/mol. The molecule has 0 aliphatic rings. The summed E-state index contributed by atoms with van der Waals surface area (Å²) in [5, 5.41) is 1.84. The van der Waals surface area contributed by atoms with Gasteiger partial charge in [0.05, 0.1) is 21.1 Å². The number of aryl methyl sites for hydroxylation is 1. The van der Waals surface area contributed by atoms with Crippen LogP contribution in [0.5, 0.6) is 0 Å². The highest BCUT2D eigenvalue weighted by atomic mass is 35.5. The molecule has 4 aromatic rings. The Morgan fingerprint density at radius 3 is 2.56 bits per heavy atom. The van der Waals surface area contributed by atoms with Gasteiger partial charge in [0.15, 0.2) is 0 Å². The fourth-order valence-electron chi connectivity index (χ4n) is 3.36. The van der Waals surface area contributed by atoms with Crippen LogP contribution in [0.3, 0.4) is 0 Å². The quantitative estimate of drug-likeness (QED) is 0.310. The molecule has 1 N–H and O–H groups in total. The van der Waals surface area contributed by atoms with Crippen molar-refractivity contribution in [2.24, 2.45) is 0 Å². The lowest BCUT2D eigenvalue weighted by Crippen LogP contribution is -2.11. The molecular formula is C23H19ClN2S. The molecule has 0 bridgehead atoms. The summed E-state index contributed by atoms with van der Waals surface area (Å²) >= 11 is 12.3. The molecule has 0 aliphatic heterocycles. The van der Waals surface area contributed by atoms with Crippen molar-refractivity contribution in [3.63, 3.8) is 0 Å². The predicted octanol–water partition coefficient (Wildman–Crippen LogP) is 6.66. The van der Waals surface area contributed by atoms with Gasteiger partial charge in [0, 0.05) is 29.9 Å². The second kappa shape index (κ2) is 7.18. The Morgan fingerprint density at radius 2 is 1.78 bits per heavy atom. The lowest BCUT2D eigenvalue weighted by molar-refractivity contribution is 1.21. The van der Waals surface area contributed by atoms with Gasteiger partial charge in [0.2, 0.25) is 0 Å². The monoisotopic (exact) mass is 390 g/mol. The maximum Gasteiger partial charge on any atom is 0.0695 e. The number of aromatic amines is 1. The van der Waals surface area contributed by atoms with Crippen LogP contribution in [0, 0.1) is 6.92 Å². The molecule has 0 amide bonds. The van der Waals surface area contributed by atoms with Gasteiger partial charge in [-0.05, 0) is 48.4 Å². The van der Waals surface area contributed by atoms with Crippen LogP contribution in [-0.2, 0) is 0 Å². The number of hydrogen-bond acceptors (Lipinski definition) is 2. The van der Waals surface area contributed by atoms with Crippen LogP contribution in [-0.4, -0.2) is 16.9 Å². The summed E-state index contributed by atoms with van der Waals surface area (Å²) in [4.78, 5) is 6.22. The third kappa shape index (κ3) is 3.25. The highest BCUT2D eigenvalue weighted by Crippen LogP contribution is 2.33. The molecule has 134 valence electrons. The van der Waals surface area contributed by atoms with E-state index in [1.165, 1.54) is 5.39 Å². The highest BCUT2D eigenvalue weighted by molar-refractivity contribution is 7.81. The molecule has 0 saturated heterocycles. The summed E-state index contributed by atoms with van der Waals surface area (Å²) in [6.07, 6.45) is 1.96. The number of aromatic nitrogens is 1. The Labute approximate surface area is 169 Å². The Kier molecular flexibility index (Phi) is 4.73. The van der Waals surface area contributed by atoms with Crippen LogP contribution < -0.4 is 4.90 Å². The number of halogens is 1. The molecule has 3 aromatic carbocycles. The molecule has 0 spiro atoms. The standard InChI is InChI=1S/C23H19ClN2S/c1-15-6-3-4-8-18(15)23(27)19-11-10-17(14-20(19)24)26(2)21-9-5-7-16-12-13-25-22(16)21/h3-14,25H,1-2H3. The number of nitrogens with zero attached hydrogens (tertiary/aromatic N) is 1. The number of fused-ring (bicyclic) bond motifs is 1. The van der Waals surface area contributed by atoms with Crippen LogP contribution in [0.15, 0.2) is 72.9 Å². The van der Waals surface area contributed by atoms with Crippen LogP contribution in [0.2, 0.25) is 5.02 Å². The van der Waals surface area contributed by atoms with E-state index in [-0.39, 0.29) is 0 Å². The van der Waals surface area contributed by atoms with Crippen molar-refractivity contribution in [3.05, 3.63) is 94.6 Å². The van der Waals surface area contributed by atoms with Gasteiger partial charge in [-0.15, -0.1) is 0 Å². The van der Waals surface area contributed by atoms with Gasteiger partial charge in [-0.25, -0.2) is 0 Å². The zero-order chi connectivity index (χ0) is 19.0. The van der Waals surface area contributed by atoms with Gasteiger partial charge in [0.25, 0.3) is 0 Å². The van der Waals surface area contributed by atoms with Gasteiger partial charge < -0.3 is 9.88 Å². The van der Waals surface area contributed by atoms with Crippen molar-refractivity contribution in [1.82, 2.24) is 4.98 Å². The molecule has 0 radical (unpaired) electrons. The lowest BCUT2D eigenvalue weighted by Gasteiger charge is -2.21. The van der Waals surface area contributed by atoms with Gasteiger partial charge >= 0.3 is 0 Å². The molecule has 0 fully saturated rings. The van der Waals surface area contributed by atoms with E-state index in [1.807, 2.05) is 43.6 Å². The third-order valence-electron chi connectivity index (χ3n) is 4.90. The second-order valence-electron chi connectivity index (χ2n) is 6.59. The molecule has 0 atom stereocenters. The number of anilines is 2. The average molecular weight is 391 g/mol. The Hall–Kier alpha value is -2.62. The fraction of sp³-hybridized carbons (Fsp3) is 0.0870. The number of H-pyrrole nitrogens is 1. The summed E-state index contributed by atoms with van der Waals surface area (Å²) in [6.45, 7) is 2.06. The predicted molar refractivity (Wildman–Crippen MR) is 120 cm³/mol. The largest absolute Gasteiger partial charge is 0.359 e. The van der Waals surface area contributed by atoms with Crippen LogP contribution in [0.25, 0.3) is 10.9 Å². The zero-order valence-electron chi connectivity index (χ0n) is 15.2. The van der Waals surface area contributed by atoms with Gasteiger partial charge in [0.1, 0.15) is 0 Å². The Balaban J connectivity index is 1.71. The van der Waals surface area contributed by atoms with Crippen molar-refractivity contribution in [2.75, 3.05) is 11.9 Å². The van der Waals surface area contributed by atoms with Crippen molar-refractivity contribution in [2.45, 2.75) is 6.92 Å². The first-order valence-electron chi connectivity index (χ1n) is 8.76. The van der Waals surface area contributed by atoms with E-state index in [4.69, 9.17) is 23.8 Å². The van der Waals surface area contributed by atoms with E-state index in [0.717, 1.165) is 38.4 Å². The van der Waals surface area contributed by atoms with Crippen LogP contribution >= 0.6 is 23.8 Å². The van der Waals surface area contributed by atoms with Crippen molar-refractivity contribution < 1.29 is 0 Å². The smallest absolute Gasteiger partial charge is 0.0695 e. The maximum atomic E-state index is 6.63. The van der Waals surface area contributed by atoms with Gasteiger partial charge in [-0.3, -0.25) is 0 Å². The van der Waals surface area contributed by atoms with E-state index in [0.29, 0.717) is 5.02 Å². The lowest BCUT2D eigenvalue weighted by atomic mass is 10.00. The summed E-state index contributed by atoms with van der Waals surface area (Å²) < 4.78 is 0. The first kappa shape index (κ1) is 17.8. The molecule has 1 heterocycles. The zero-order valence-corrected chi connectivity index (χ0v) is 16.7. The number of benzene rings is 3. The molecule has 1 aromatic heterocycles. The van der Waals surface area contributed by atoms with Crippen molar-refractivity contribution in [3.8, 4) is 0 Å². The Morgan fingerprint density at radius 1 is 0.963 bits per heavy atom. The van der Waals surface area contributed by atoms with Gasteiger partial charge in [-0.2, -0.15) is 0 Å². The summed E-state index contributed by atoms with van der Waals surface area (Å²) in [6, 6.07) is 22.5. The first-order valence-corrected chi connectivity index (χ1v) is 9.54. The number of hydrogen-bond donors (Lipinski definition) is 1. The third-order valence-corrected chi connectivity index (χ3v) is 5.65.